The Morgan fingerprint density at radius 3 is 2.55 bits per heavy atom. The molecule has 0 N–H and O–H groups in total. The molecule has 0 saturated heterocycles. The van der Waals surface area contributed by atoms with E-state index in [1.54, 1.807) is 0 Å². The highest BCUT2D eigenvalue weighted by molar-refractivity contribution is 7.80. The number of aromatic nitrogens is 1. The van der Waals surface area contributed by atoms with Crippen molar-refractivity contribution < 1.29 is 17.9 Å². The molecule has 0 aliphatic carbocycles. The largest absolute Gasteiger partial charge is 0.483 e. The summed E-state index contributed by atoms with van der Waals surface area (Å²) >= 11 is 13.0. The second-order valence-electron chi connectivity index (χ2n) is 7.64. The Kier molecular flexibility index (Phi) is 7.93. The Labute approximate surface area is 183 Å². The van der Waals surface area contributed by atoms with Crippen molar-refractivity contribution in [2.24, 2.45) is 4.99 Å². The summed E-state index contributed by atoms with van der Waals surface area (Å²) in [6.07, 6.45) is -0.367. The van der Waals surface area contributed by atoms with Gasteiger partial charge in [-0.05, 0) is 30.0 Å². The summed E-state index contributed by atoms with van der Waals surface area (Å²) in [4.78, 5) is 6.54. The molecule has 0 aliphatic heterocycles. The van der Waals surface area contributed by atoms with Crippen molar-refractivity contribution in [3.8, 4) is 5.75 Å². The van der Waals surface area contributed by atoms with Crippen LogP contribution in [0.15, 0.2) is 29.4 Å². The van der Waals surface area contributed by atoms with E-state index in [4.69, 9.17) is 28.6 Å². The van der Waals surface area contributed by atoms with Crippen LogP contribution < -0.4 is 9.54 Å². The van der Waals surface area contributed by atoms with Crippen molar-refractivity contribution in [1.29, 1.82) is 0 Å². The smallest absolute Gasteiger partial charge is 0.422 e. The third kappa shape index (κ3) is 7.12. The summed E-state index contributed by atoms with van der Waals surface area (Å²) in [5.74, 6) is 0.00758. The van der Waals surface area contributed by atoms with E-state index in [2.05, 4.69) is 38.9 Å². The molecule has 2 aromatic rings. The average Bonchev–Trinajstić information content (AvgIpc) is 3.01. The van der Waals surface area contributed by atoms with Gasteiger partial charge in [-0.2, -0.15) is 13.2 Å². The highest BCUT2D eigenvalue weighted by atomic mass is 35.5. The monoisotopic (exact) mass is 464 g/mol. The van der Waals surface area contributed by atoms with E-state index in [9.17, 15) is 13.2 Å². The maximum atomic E-state index is 12.6. The van der Waals surface area contributed by atoms with Crippen molar-refractivity contribution in [3.63, 3.8) is 0 Å². The number of ether oxygens (including phenoxy) is 1. The highest BCUT2D eigenvalue weighted by Crippen LogP contribution is 2.27. The van der Waals surface area contributed by atoms with Gasteiger partial charge in [-0.1, -0.05) is 57.9 Å². The minimum absolute atomic E-state index is 0.00758. The SMILES string of the molecule is CCCCn1cc(C(C)(C)C)s/c1=N\C(=S)c1cc(Cl)ccc1OCC(F)(F)F. The van der Waals surface area contributed by atoms with Crippen molar-refractivity contribution in [2.45, 2.75) is 58.7 Å². The zero-order valence-electron chi connectivity index (χ0n) is 16.8. The second kappa shape index (κ2) is 9.62. The Balaban J connectivity index is 2.46. The summed E-state index contributed by atoms with van der Waals surface area (Å²) < 4.78 is 44.7. The standard InChI is InChI=1S/C20H24ClF3N2OS2/c1-5-6-9-26-11-16(19(2,3)4)29-18(26)25-17(28)14-10-13(21)7-8-15(14)27-12-20(22,23)24/h7-8,10-11H,5-6,9,12H2,1-4H3/b25-18-. The molecule has 0 amide bonds. The summed E-state index contributed by atoms with van der Waals surface area (Å²) in [6.45, 7) is 7.84. The van der Waals surface area contributed by atoms with Crippen LogP contribution in [0.2, 0.25) is 5.02 Å². The highest BCUT2D eigenvalue weighted by Gasteiger charge is 2.29. The molecular weight excluding hydrogens is 441 g/mol. The molecule has 0 radical (unpaired) electrons. The van der Waals surface area contributed by atoms with E-state index in [1.165, 1.54) is 29.5 Å². The first kappa shape index (κ1) is 23.9. The van der Waals surface area contributed by atoms with Crippen LogP contribution in [0.1, 0.15) is 51.0 Å². The first-order chi connectivity index (χ1) is 13.4. The summed E-state index contributed by atoms with van der Waals surface area (Å²) in [6, 6.07) is 4.32. The van der Waals surface area contributed by atoms with Crippen LogP contribution in [-0.2, 0) is 12.0 Å². The Bertz CT molecular complexity index is 927. The molecule has 0 bridgehead atoms. The lowest BCUT2D eigenvalue weighted by molar-refractivity contribution is -0.153. The Morgan fingerprint density at radius 2 is 1.97 bits per heavy atom. The number of alkyl halides is 3. The number of aryl methyl sites for hydroxylation is 1. The fraction of sp³-hybridized carbons (Fsp3) is 0.500. The molecule has 9 heteroatoms. The lowest BCUT2D eigenvalue weighted by Gasteiger charge is -2.14. The molecule has 3 nitrogen and oxygen atoms in total. The van der Waals surface area contributed by atoms with Crippen molar-refractivity contribution in [2.75, 3.05) is 6.61 Å². The van der Waals surface area contributed by atoms with Crippen molar-refractivity contribution in [1.82, 2.24) is 4.57 Å². The van der Waals surface area contributed by atoms with Gasteiger partial charge >= 0.3 is 6.18 Å². The van der Waals surface area contributed by atoms with Gasteiger partial charge in [-0.15, -0.1) is 11.3 Å². The number of thiazole rings is 1. The van der Waals surface area contributed by atoms with Crippen LogP contribution in [0.25, 0.3) is 0 Å². The van der Waals surface area contributed by atoms with Gasteiger partial charge in [0.25, 0.3) is 0 Å². The van der Waals surface area contributed by atoms with Gasteiger partial charge in [0.05, 0.1) is 5.56 Å². The topological polar surface area (TPSA) is 26.5 Å². The fourth-order valence-electron chi connectivity index (χ4n) is 2.40. The fourth-order valence-corrected chi connectivity index (χ4v) is 3.96. The average molecular weight is 465 g/mol. The molecule has 1 heterocycles. The number of unbranched alkanes of at least 4 members (excludes halogenated alkanes) is 1. The molecule has 0 fully saturated rings. The van der Waals surface area contributed by atoms with Crippen LogP contribution in [0.4, 0.5) is 13.2 Å². The van der Waals surface area contributed by atoms with Gasteiger partial charge in [0, 0.05) is 22.6 Å². The van der Waals surface area contributed by atoms with E-state index in [1.807, 2.05) is 4.57 Å². The predicted molar refractivity (Wildman–Crippen MR) is 116 cm³/mol. The molecule has 160 valence electrons. The molecule has 0 unspecified atom stereocenters. The first-order valence-electron chi connectivity index (χ1n) is 9.19. The van der Waals surface area contributed by atoms with Crippen LogP contribution >= 0.6 is 35.2 Å². The molecular formula is C20H24ClF3N2OS2. The lowest BCUT2D eigenvalue weighted by Crippen LogP contribution is -2.20. The van der Waals surface area contributed by atoms with E-state index in [0.29, 0.717) is 9.82 Å². The maximum Gasteiger partial charge on any atom is 0.422 e. The van der Waals surface area contributed by atoms with Gasteiger partial charge in [0.15, 0.2) is 11.4 Å². The number of rotatable bonds is 6. The van der Waals surface area contributed by atoms with Gasteiger partial charge in [-0.3, -0.25) is 0 Å². The number of nitrogens with zero attached hydrogens (tertiary/aromatic N) is 2. The zero-order valence-corrected chi connectivity index (χ0v) is 19.2. The van der Waals surface area contributed by atoms with Crippen LogP contribution in [0.3, 0.4) is 0 Å². The summed E-state index contributed by atoms with van der Waals surface area (Å²) in [5, 5.41) is 0.345. The molecule has 0 spiro atoms. The summed E-state index contributed by atoms with van der Waals surface area (Å²) in [7, 11) is 0. The molecule has 1 aromatic carbocycles. The zero-order chi connectivity index (χ0) is 21.8. The number of hydrogen-bond donors (Lipinski definition) is 0. The molecule has 29 heavy (non-hydrogen) atoms. The molecule has 0 saturated carbocycles. The van der Waals surface area contributed by atoms with E-state index in [-0.39, 0.29) is 21.7 Å². The van der Waals surface area contributed by atoms with Crippen LogP contribution in [0.5, 0.6) is 5.75 Å². The molecule has 1 aromatic heterocycles. The Hall–Kier alpha value is -1.38. The minimum atomic E-state index is -4.45. The van der Waals surface area contributed by atoms with Gasteiger partial charge < -0.3 is 9.30 Å². The number of halogens is 4. The quantitative estimate of drug-likeness (QED) is 0.455. The minimum Gasteiger partial charge on any atom is -0.483 e. The van der Waals surface area contributed by atoms with Gasteiger partial charge in [0.1, 0.15) is 10.7 Å². The third-order valence-electron chi connectivity index (χ3n) is 3.97. The molecule has 2 rings (SSSR count). The van der Waals surface area contributed by atoms with E-state index < -0.39 is 12.8 Å². The van der Waals surface area contributed by atoms with Crippen LogP contribution in [-0.4, -0.2) is 22.3 Å². The first-order valence-corrected chi connectivity index (χ1v) is 10.8. The van der Waals surface area contributed by atoms with Crippen molar-refractivity contribution in [3.05, 3.63) is 44.7 Å². The van der Waals surface area contributed by atoms with Gasteiger partial charge in [0.2, 0.25) is 0 Å². The van der Waals surface area contributed by atoms with E-state index >= 15 is 0 Å². The van der Waals surface area contributed by atoms with Gasteiger partial charge in [-0.25, -0.2) is 4.99 Å². The molecule has 0 aliphatic rings. The maximum absolute atomic E-state index is 12.6. The second-order valence-corrected chi connectivity index (χ2v) is 9.47. The van der Waals surface area contributed by atoms with Crippen molar-refractivity contribution >= 4 is 40.1 Å². The normalized spacial score (nSPS) is 13.0. The predicted octanol–water partition coefficient (Wildman–Crippen LogP) is 6.52. The van der Waals surface area contributed by atoms with Crippen LogP contribution in [0, 0.1) is 0 Å². The number of hydrogen-bond acceptors (Lipinski definition) is 3. The third-order valence-corrected chi connectivity index (χ3v) is 5.96. The number of benzene rings is 1. The Morgan fingerprint density at radius 1 is 1.28 bits per heavy atom. The summed E-state index contributed by atoms with van der Waals surface area (Å²) in [5.41, 5.74) is 0.218. The van der Waals surface area contributed by atoms with E-state index in [0.717, 1.165) is 24.3 Å². The molecule has 0 atom stereocenters. The number of thiocarbonyl (C=S) groups is 1. The lowest BCUT2D eigenvalue weighted by atomic mass is 9.95.